The smallest absolute Gasteiger partial charge is 0.162 e. The Bertz CT molecular complexity index is 934. The Morgan fingerprint density at radius 3 is 2.76 bits per heavy atom. The van der Waals surface area contributed by atoms with Gasteiger partial charge in [-0.1, -0.05) is 27.2 Å². The van der Waals surface area contributed by atoms with Crippen LogP contribution in [0.2, 0.25) is 0 Å². The van der Waals surface area contributed by atoms with Crippen molar-refractivity contribution in [2.24, 2.45) is 52.3 Å². The van der Waals surface area contributed by atoms with E-state index in [2.05, 4.69) is 31.9 Å². The summed E-state index contributed by atoms with van der Waals surface area (Å²) >= 11 is 0. The molecule has 9 atom stereocenters. The van der Waals surface area contributed by atoms with Crippen LogP contribution in [0.25, 0.3) is 0 Å². The molecule has 1 aromatic heterocycles. The van der Waals surface area contributed by atoms with Gasteiger partial charge in [0.15, 0.2) is 11.5 Å². The fraction of sp³-hybridized carbons (Fsp3) is 0.821. The van der Waals surface area contributed by atoms with Crippen molar-refractivity contribution < 1.29 is 9.53 Å². The van der Waals surface area contributed by atoms with Gasteiger partial charge in [-0.2, -0.15) is 10.4 Å². The molecule has 0 aliphatic heterocycles. The summed E-state index contributed by atoms with van der Waals surface area (Å²) < 4.78 is 7.60. The molecule has 4 aliphatic rings. The molecule has 0 radical (unpaired) electrons. The molecular formula is C28H41N3O2. The first-order valence-electron chi connectivity index (χ1n) is 13.3. The third-order valence-corrected chi connectivity index (χ3v) is 10.8. The first-order chi connectivity index (χ1) is 15.8. The van der Waals surface area contributed by atoms with Gasteiger partial charge in [-0.15, -0.1) is 0 Å². The van der Waals surface area contributed by atoms with Gasteiger partial charge in [-0.3, -0.25) is 9.48 Å². The number of hydrogen-bond donors (Lipinski definition) is 0. The molecule has 4 aliphatic carbocycles. The molecule has 0 saturated heterocycles. The molecular weight excluding hydrogens is 410 g/mol. The zero-order valence-electron chi connectivity index (χ0n) is 20.9. The molecule has 180 valence electrons. The first-order valence-corrected chi connectivity index (χ1v) is 13.3. The van der Waals surface area contributed by atoms with Crippen molar-refractivity contribution in [3.05, 3.63) is 18.0 Å². The van der Waals surface area contributed by atoms with Gasteiger partial charge in [0.25, 0.3) is 0 Å². The highest BCUT2D eigenvalue weighted by molar-refractivity contribution is 5.82. The summed E-state index contributed by atoms with van der Waals surface area (Å²) in [4.78, 5) is 13.6. The van der Waals surface area contributed by atoms with Crippen molar-refractivity contribution in [2.45, 2.75) is 78.7 Å². The lowest BCUT2D eigenvalue weighted by Crippen LogP contribution is -2.56. The largest absolute Gasteiger partial charge is 0.384 e. The fourth-order valence-electron chi connectivity index (χ4n) is 9.63. The summed E-state index contributed by atoms with van der Waals surface area (Å²) in [6.45, 7) is 8.40. The number of rotatable bonds is 5. The summed E-state index contributed by atoms with van der Waals surface area (Å²) in [5, 5.41) is 13.3. The average Bonchev–Trinajstić information content (AvgIpc) is 3.34. The van der Waals surface area contributed by atoms with Gasteiger partial charge in [0.1, 0.15) is 6.07 Å². The molecule has 0 aromatic carbocycles. The van der Waals surface area contributed by atoms with Crippen molar-refractivity contribution in [1.29, 1.82) is 5.26 Å². The molecule has 4 saturated carbocycles. The van der Waals surface area contributed by atoms with Crippen molar-refractivity contribution in [2.75, 3.05) is 13.7 Å². The molecule has 0 amide bonds. The number of ketones is 1. The maximum atomic E-state index is 13.6. The monoisotopic (exact) mass is 451 g/mol. The number of methoxy groups -OCH3 is 1. The van der Waals surface area contributed by atoms with Crippen molar-refractivity contribution in [3.8, 4) is 6.07 Å². The lowest BCUT2D eigenvalue weighted by atomic mass is 9.44. The summed E-state index contributed by atoms with van der Waals surface area (Å²) in [5.41, 5.74) is 0.833. The maximum Gasteiger partial charge on any atom is 0.162 e. The average molecular weight is 452 g/mol. The van der Waals surface area contributed by atoms with E-state index in [0.717, 1.165) is 36.7 Å². The molecule has 0 bridgehead atoms. The molecule has 1 aromatic rings. The number of nitrogens with zero attached hydrogens (tertiary/aromatic N) is 3. The van der Waals surface area contributed by atoms with Gasteiger partial charge in [0.05, 0.1) is 13.2 Å². The highest BCUT2D eigenvalue weighted by Gasteiger charge is 2.63. The van der Waals surface area contributed by atoms with E-state index in [1.54, 1.807) is 16.9 Å². The topological polar surface area (TPSA) is 67.9 Å². The molecule has 5 heteroatoms. The van der Waals surface area contributed by atoms with Crippen LogP contribution in [0, 0.1) is 63.6 Å². The minimum absolute atomic E-state index is 0.0892. The van der Waals surface area contributed by atoms with Crippen molar-refractivity contribution in [1.82, 2.24) is 9.78 Å². The van der Waals surface area contributed by atoms with E-state index in [1.807, 2.05) is 7.11 Å². The molecule has 5 nitrogen and oxygen atoms in total. The zero-order valence-corrected chi connectivity index (χ0v) is 20.9. The zero-order chi connectivity index (χ0) is 23.4. The van der Waals surface area contributed by atoms with Crippen LogP contribution < -0.4 is 0 Å². The number of fused-ring (bicyclic) bond motifs is 5. The number of aromatic nitrogens is 2. The summed E-state index contributed by atoms with van der Waals surface area (Å²) in [7, 11) is 1.90. The molecule has 0 N–H and O–H groups in total. The van der Waals surface area contributed by atoms with Gasteiger partial charge < -0.3 is 4.74 Å². The second-order valence-corrected chi connectivity index (χ2v) is 12.4. The normalized spacial score (nSPS) is 44.4. The highest BCUT2D eigenvalue weighted by atomic mass is 16.5. The number of nitriles is 1. The van der Waals surface area contributed by atoms with Crippen LogP contribution in [0.5, 0.6) is 0 Å². The molecule has 1 heterocycles. The second kappa shape index (κ2) is 8.52. The molecule has 4 fully saturated rings. The Balaban J connectivity index is 1.39. The van der Waals surface area contributed by atoms with Gasteiger partial charge in [-0.05, 0) is 97.3 Å². The number of Topliss-reactive ketones (excluding diaryl/α,β-unsaturated/α-hetero) is 1. The third-order valence-electron chi connectivity index (χ3n) is 10.8. The minimum Gasteiger partial charge on any atom is -0.384 e. The van der Waals surface area contributed by atoms with Crippen LogP contribution in [0.4, 0.5) is 0 Å². The van der Waals surface area contributed by atoms with Crippen LogP contribution in [0.15, 0.2) is 12.3 Å². The van der Waals surface area contributed by atoms with Crippen LogP contribution >= 0.6 is 0 Å². The lowest BCUT2D eigenvalue weighted by Gasteiger charge is -2.61. The Morgan fingerprint density at radius 2 is 2.03 bits per heavy atom. The van der Waals surface area contributed by atoms with E-state index in [-0.39, 0.29) is 11.3 Å². The Hall–Kier alpha value is -1.67. The van der Waals surface area contributed by atoms with Crippen LogP contribution in [-0.2, 0) is 16.1 Å². The number of hydrogen-bond acceptors (Lipinski definition) is 4. The first kappa shape index (κ1) is 23.1. The Kier molecular flexibility index (Phi) is 5.96. The minimum atomic E-state index is 0.0892. The summed E-state index contributed by atoms with van der Waals surface area (Å²) in [5.74, 6) is 4.62. The number of carbonyl (C=O) groups is 1. The van der Waals surface area contributed by atoms with E-state index in [0.29, 0.717) is 35.3 Å². The predicted octanol–water partition coefficient (Wildman–Crippen LogP) is 5.49. The molecule has 5 rings (SSSR count). The highest BCUT2D eigenvalue weighted by Crippen LogP contribution is 2.68. The quantitative estimate of drug-likeness (QED) is 0.593. The van der Waals surface area contributed by atoms with Crippen LogP contribution in [0.3, 0.4) is 0 Å². The van der Waals surface area contributed by atoms with E-state index < -0.39 is 0 Å². The molecule has 0 spiro atoms. The fourth-order valence-corrected chi connectivity index (χ4v) is 9.63. The van der Waals surface area contributed by atoms with E-state index in [4.69, 9.17) is 10.00 Å². The van der Waals surface area contributed by atoms with Crippen molar-refractivity contribution in [3.63, 3.8) is 0 Å². The predicted molar refractivity (Wildman–Crippen MR) is 127 cm³/mol. The SMILES string of the molecule is COCC12CCC(C)CC1CCC1C3CC(C)C(C(=O)Cn4ccc(C#N)n4)C3(C)CCC12. The maximum absolute atomic E-state index is 13.6. The molecule has 33 heavy (non-hydrogen) atoms. The van der Waals surface area contributed by atoms with Gasteiger partial charge in [0, 0.05) is 19.2 Å². The number of carbonyl (C=O) groups excluding carboxylic acids is 1. The van der Waals surface area contributed by atoms with Crippen molar-refractivity contribution >= 4 is 5.78 Å². The lowest BCUT2D eigenvalue weighted by molar-refractivity contribution is -0.155. The number of ether oxygens (including phenoxy) is 1. The molecule has 9 unspecified atom stereocenters. The van der Waals surface area contributed by atoms with Crippen LogP contribution in [0.1, 0.15) is 77.8 Å². The third kappa shape index (κ3) is 3.59. The second-order valence-electron chi connectivity index (χ2n) is 12.4. The summed E-state index contributed by atoms with van der Waals surface area (Å²) in [6, 6.07) is 3.76. The van der Waals surface area contributed by atoms with Crippen LogP contribution in [-0.4, -0.2) is 29.3 Å². The van der Waals surface area contributed by atoms with Gasteiger partial charge >= 0.3 is 0 Å². The Labute approximate surface area is 199 Å². The van der Waals surface area contributed by atoms with E-state index >= 15 is 0 Å². The van der Waals surface area contributed by atoms with E-state index in [9.17, 15) is 4.79 Å². The van der Waals surface area contributed by atoms with Gasteiger partial charge in [-0.25, -0.2) is 0 Å². The standard InChI is InChI=1S/C28H41N3O2/c1-18-7-11-28(17-33-4)20(13-18)5-6-22-23(28)8-10-27(3)24(22)14-19(2)26(27)25(32)16-31-12-9-21(15-29)30-31/h9,12,18-20,22-24,26H,5-8,10-11,13-14,16-17H2,1-4H3. The van der Waals surface area contributed by atoms with E-state index in [1.165, 1.54) is 44.9 Å². The van der Waals surface area contributed by atoms with Gasteiger partial charge in [0.2, 0.25) is 0 Å². The summed E-state index contributed by atoms with van der Waals surface area (Å²) in [6.07, 6.45) is 12.1. The Morgan fingerprint density at radius 1 is 1.21 bits per heavy atom.